The lowest BCUT2D eigenvalue weighted by atomic mass is 9.83. The molecule has 0 amide bonds. The van der Waals surface area contributed by atoms with E-state index in [9.17, 15) is 0 Å². The lowest BCUT2D eigenvalue weighted by Crippen LogP contribution is -2.76. The van der Waals surface area contributed by atoms with Crippen LogP contribution in [0.2, 0.25) is 0 Å². The number of hydrogen-bond acceptors (Lipinski definition) is 2. The number of nitrogens with zero attached hydrogens (tertiary/aromatic N) is 3. The van der Waals surface area contributed by atoms with Crippen molar-refractivity contribution in [3.05, 3.63) is 298 Å². The number of rotatable bonds is 9. The van der Waals surface area contributed by atoms with E-state index in [0.29, 0.717) is 0 Å². The molecule has 2 aromatic heterocycles. The molecular formula is C70H49N3Si2. The molecular weight excluding hydrogens is 939 g/mol. The number of para-hydroxylation sites is 2. The molecule has 0 saturated carbocycles. The zero-order valence-corrected chi connectivity index (χ0v) is 43.1. The van der Waals surface area contributed by atoms with Gasteiger partial charge in [-0.05, 0) is 93.6 Å². The molecule has 1 aliphatic rings. The maximum atomic E-state index is 4.98. The summed E-state index contributed by atoms with van der Waals surface area (Å²) >= 11 is 0. The first-order chi connectivity index (χ1) is 37.2. The van der Waals surface area contributed by atoms with Gasteiger partial charge in [-0.3, -0.25) is 0 Å². The highest BCUT2D eigenvalue weighted by molar-refractivity contribution is 7.21. The largest absolute Gasteiger partial charge is 0.309 e. The summed E-state index contributed by atoms with van der Waals surface area (Å²) in [7, 11) is -6.15. The van der Waals surface area contributed by atoms with Gasteiger partial charge in [-0.2, -0.15) is 0 Å². The van der Waals surface area contributed by atoms with Crippen LogP contribution in [0.25, 0.3) is 72.1 Å². The SMILES string of the molecule is c1ccc([Si](c2ccccc2)(c2ccc([Si](c3ccccc3)(c3ccccc3)c3ccc4c(c3)-c3ccccc3-c3ccccc3-c3ncncc3-4)cc2)c2cccc(-n3c4ccccc4c4ccccc43)c2)cc1. The Labute approximate surface area is 439 Å². The summed E-state index contributed by atoms with van der Waals surface area (Å²) < 4.78 is 2.46. The Hall–Kier alpha value is -9.27. The summed E-state index contributed by atoms with van der Waals surface area (Å²) in [5.74, 6) is 0. The molecule has 14 rings (SSSR count). The van der Waals surface area contributed by atoms with Crippen LogP contribution in [-0.2, 0) is 0 Å². The Morgan fingerprint density at radius 2 is 0.640 bits per heavy atom. The van der Waals surface area contributed by atoms with Crippen LogP contribution < -0.4 is 41.5 Å². The predicted octanol–water partition coefficient (Wildman–Crippen LogP) is 11.3. The maximum Gasteiger partial charge on any atom is 0.179 e. The third-order valence-corrected chi connectivity index (χ3v) is 25.4. The number of fused-ring (bicyclic) bond motifs is 11. The Morgan fingerprint density at radius 3 is 1.16 bits per heavy atom. The predicted molar refractivity (Wildman–Crippen MR) is 319 cm³/mol. The van der Waals surface area contributed by atoms with E-state index in [-0.39, 0.29) is 0 Å². The molecule has 0 aliphatic heterocycles. The minimum Gasteiger partial charge on any atom is -0.309 e. The first-order valence-electron chi connectivity index (χ1n) is 25.8. The molecule has 0 unspecified atom stereocenters. The average Bonchev–Trinajstić information content (AvgIpc) is 3.85. The summed E-state index contributed by atoms with van der Waals surface area (Å²) in [4.78, 5) is 9.63. The molecule has 0 atom stereocenters. The van der Waals surface area contributed by atoms with Crippen molar-refractivity contribution in [2.45, 2.75) is 0 Å². The fourth-order valence-electron chi connectivity index (χ4n) is 12.7. The number of benzene rings is 11. The lowest BCUT2D eigenvalue weighted by Gasteiger charge is -2.37. The summed E-state index contributed by atoms with van der Waals surface area (Å²) in [5, 5.41) is 13.1. The van der Waals surface area contributed by atoms with Crippen molar-refractivity contribution in [1.29, 1.82) is 0 Å². The second-order valence-corrected chi connectivity index (χ2v) is 27.2. The second-order valence-electron chi connectivity index (χ2n) is 19.6. The minimum atomic E-state index is -3.11. The Kier molecular flexibility index (Phi) is 10.9. The van der Waals surface area contributed by atoms with Crippen LogP contribution >= 0.6 is 0 Å². The zero-order valence-electron chi connectivity index (χ0n) is 41.1. The van der Waals surface area contributed by atoms with Crippen LogP contribution in [0.3, 0.4) is 0 Å². The molecule has 11 aromatic carbocycles. The summed E-state index contributed by atoms with van der Waals surface area (Å²) in [6.07, 6.45) is 3.68. The summed E-state index contributed by atoms with van der Waals surface area (Å²) in [5.41, 5.74) is 12.5. The highest BCUT2D eigenvalue weighted by Crippen LogP contribution is 2.46. The fourth-order valence-corrected chi connectivity index (χ4v) is 22.2. The Bertz CT molecular complexity index is 4090. The molecule has 5 heteroatoms. The van der Waals surface area contributed by atoms with Gasteiger partial charge in [0, 0.05) is 33.8 Å². The standard InChI is InChI=1S/C70H49N3Si2/c1-5-23-51(24-6-1)74(52-25-7-2-8-26-52,57-31-21-22-50(46-57)73-68-38-19-17-35-63(68)64-36-18-20-39-69(64)73)55-40-42-56(43-41-55)75(53-27-9-3-10-28-53,54-29-11-4-12-30-54)58-44-45-62-66(47-58)61-34-14-13-32-59(61)60-33-15-16-37-65(60)70-67(62)48-71-49-72-70/h1-49H. The highest BCUT2D eigenvalue weighted by atomic mass is 28.3. The quantitative estimate of drug-likeness (QED) is 0.107. The summed E-state index contributed by atoms with van der Waals surface area (Å²) in [6, 6.07) is 107. The van der Waals surface area contributed by atoms with Crippen LogP contribution in [-0.4, -0.2) is 30.7 Å². The molecule has 352 valence electrons. The topological polar surface area (TPSA) is 30.7 Å². The number of hydrogen-bond donors (Lipinski definition) is 0. The molecule has 13 aromatic rings. The van der Waals surface area contributed by atoms with E-state index in [1.807, 2.05) is 6.20 Å². The van der Waals surface area contributed by atoms with Crippen molar-refractivity contribution in [2.75, 3.05) is 0 Å². The van der Waals surface area contributed by atoms with Gasteiger partial charge >= 0.3 is 0 Å². The van der Waals surface area contributed by atoms with E-state index in [4.69, 9.17) is 4.98 Å². The molecule has 0 spiro atoms. The van der Waals surface area contributed by atoms with E-state index in [0.717, 1.165) is 28.1 Å². The van der Waals surface area contributed by atoms with Gasteiger partial charge < -0.3 is 4.57 Å². The van der Waals surface area contributed by atoms with Gasteiger partial charge in [-0.25, -0.2) is 9.97 Å². The normalized spacial score (nSPS) is 12.0. The Balaban J connectivity index is 1.03. The fraction of sp³-hybridized carbons (Fsp3) is 0. The highest BCUT2D eigenvalue weighted by Gasteiger charge is 2.45. The van der Waals surface area contributed by atoms with Crippen LogP contribution in [0.15, 0.2) is 298 Å². The molecule has 1 aliphatic carbocycles. The molecule has 75 heavy (non-hydrogen) atoms. The smallest absolute Gasteiger partial charge is 0.179 e. The van der Waals surface area contributed by atoms with Gasteiger partial charge in [0.1, 0.15) is 6.33 Å². The van der Waals surface area contributed by atoms with Gasteiger partial charge in [0.05, 0.1) is 16.7 Å². The van der Waals surface area contributed by atoms with Gasteiger partial charge in [0.2, 0.25) is 0 Å². The molecule has 0 fully saturated rings. The maximum absolute atomic E-state index is 4.98. The summed E-state index contributed by atoms with van der Waals surface area (Å²) in [6.45, 7) is 0. The van der Waals surface area contributed by atoms with Crippen molar-refractivity contribution < 1.29 is 0 Å². The molecule has 0 N–H and O–H groups in total. The lowest BCUT2D eigenvalue weighted by molar-refractivity contribution is 1.17. The Morgan fingerprint density at radius 1 is 0.267 bits per heavy atom. The van der Waals surface area contributed by atoms with E-state index < -0.39 is 16.1 Å². The van der Waals surface area contributed by atoms with Crippen LogP contribution in [0.4, 0.5) is 0 Å². The van der Waals surface area contributed by atoms with E-state index in [1.165, 1.54) is 85.6 Å². The van der Waals surface area contributed by atoms with E-state index in [1.54, 1.807) is 6.33 Å². The second kappa shape index (κ2) is 18.3. The van der Waals surface area contributed by atoms with Crippen LogP contribution in [0.1, 0.15) is 0 Å². The monoisotopic (exact) mass is 987 g/mol. The van der Waals surface area contributed by atoms with E-state index >= 15 is 0 Å². The molecule has 2 heterocycles. The zero-order chi connectivity index (χ0) is 49.8. The van der Waals surface area contributed by atoms with Crippen LogP contribution in [0, 0.1) is 0 Å². The first kappa shape index (κ1) is 44.4. The van der Waals surface area contributed by atoms with E-state index in [2.05, 4.69) is 295 Å². The third-order valence-electron chi connectivity index (χ3n) is 15.8. The molecule has 3 nitrogen and oxygen atoms in total. The van der Waals surface area contributed by atoms with Gasteiger partial charge in [0.25, 0.3) is 0 Å². The van der Waals surface area contributed by atoms with Gasteiger partial charge in [0.15, 0.2) is 16.1 Å². The van der Waals surface area contributed by atoms with Crippen molar-refractivity contribution in [2.24, 2.45) is 0 Å². The number of aromatic nitrogens is 3. The molecule has 0 radical (unpaired) electrons. The van der Waals surface area contributed by atoms with Gasteiger partial charge in [-0.1, -0.05) is 261 Å². The van der Waals surface area contributed by atoms with Crippen LogP contribution in [0.5, 0.6) is 0 Å². The average molecular weight is 988 g/mol. The molecule has 0 saturated heterocycles. The first-order valence-corrected chi connectivity index (χ1v) is 29.8. The van der Waals surface area contributed by atoms with Gasteiger partial charge in [-0.15, -0.1) is 0 Å². The molecule has 0 bridgehead atoms. The minimum absolute atomic E-state index is 0.944. The van der Waals surface area contributed by atoms with Crippen molar-refractivity contribution in [3.63, 3.8) is 0 Å². The van der Waals surface area contributed by atoms with Crippen molar-refractivity contribution in [1.82, 2.24) is 14.5 Å². The third kappa shape index (κ3) is 7.00. The van der Waals surface area contributed by atoms with Crippen molar-refractivity contribution >= 4 is 79.4 Å². The van der Waals surface area contributed by atoms with Crippen molar-refractivity contribution in [3.8, 4) is 50.3 Å².